The molecule has 0 aliphatic carbocycles. The zero-order valence-electron chi connectivity index (χ0n) is 10.3. The number of carboxylic acid groups (broad SMARTS) is 1. The topological polar surface area (TPSA) is 96.5 Å². The number of pyridine rings is 1. The zero-order chi connectivity index (χ0) is 13.8. The standard InChI is InChI=1S/C12H15N3O3S/c13-11(18)9-2-1-3-14-12(9)15-4-5-19-7-8(15)6-10(16)17/h1-3,8H,4-7H2,(H2,13,18)(H,16,17). The summed E-state index contributed by atoms with van der Waals surface area (Å²) < 4.78 is 0. The number of aromatic nitrogens is 1. The van der Waals surface area contributed by atoms with Crippen LogP contribution >= 0.6 is 11.8 Å². The van der Waals surface area contributed by atoms with Crippen molar-refractivity contribution in [3.63, 3.8) is 0 Å². The van der Waals surface area contributed by atoms with E-state index in [4.69, 9.17) is 10.8 Å². The second kappa shape index (κ2) is 5.92. The average molecular weight is 281 g/mol. The number of carbonyl (C=O) groups is 2. The Morgan fingerprint density at radius 3 is 3.05 bits per heavy atom. The Balaban J connectivity index is 2.32. The minimum atomic E-state index is -0.853. The largest absolute Gasteiger partial charge is 0.481 e. The van der Waals surface area contributed by atoms with E-state index < -0.39 is 11.9 Å². The molecule has 1 amide bonds. The van der Waals surface area contributed by atoms with Crippen molar-refractivity contribution in [2.75, 3.05) is 23.0 Å². The van der Waals surface area contributed by atoms with Gasteiger partial charge in [0.05, 0.1) is 12.0 Å². The van der Waals surface area contributed by atoms with Crippen LogP contribution in [0.2, 0.25) is 0 Å². The summed E-state index contributed by atoms with van der Waals surface area (Å²) in [7, 11) is 0. The third-order valence-electron chi connectivity index (χ3n) is 2.96. The molecule has 1 aromatic rings. The molecule has 19 heavy (non-hydrogen) atoms. The molecule has 3 N–H and O–H groups in total. The Morgan fingerprint density at radius 1 is 1.58 bits per heavy atom. The number of hydrogen-bond donors (Lipinski definition) is 2. The van der Waals surface area contributed by atoms with Gasteiger partial charge in [0.2, 0.25) is 0 Å². The fourth-order valence-electron chi connectivity index (χ4n) is 2.12. The molecule has 2 rings (SSSR count). The number of primary amides is 1. The van der Waals surface area contributed by atoms with Crippen LogP contribution < -0.4 is 10.6 Å². The minimum absolute atomic E-state index is 0.0295. The molecule has 1 atom stereocenters. The second-order valence-corrected chi connectivity index (χ2v) is 5.41. The van der Waals surface area contributed by atoms with Gasteiger partial charge in [0.15, 0.2) is 0 Å². The number of nitrogens with zero attached hydrogens (tertiary/aromatic N) is 2. The first kappa shape index (κ1) is 13.7. The highest BCUT2D eigenvalue weighted by atomic mass is 32.2. The van der Waals surface area contributed by atoms with Gasteiger partial charge in [0.25, 0.3) is 5.91 Å². The van der Waals surface area contributed by atoms with Crippen LogP contribution in [0.1, 0.15) is 16.8 Å². The van der Waals surface area contributed by atoms with Crippen molar-refractivity contribution in [2.45, 2.75) is 12.5 Å². The van der Waals surface area contributed by atoms with E-state index >= 15 is 0 Å². The first-order chi connectivity index (χ1) is 9.09. The van der Waals surface area contributed by atoms with Crippen LogP contribution in [0.25, 0.3) is 0 Å². The SMILES string of the molecule is NC(=O)c1cccnc1N1CCSCC1CC(=O)O. The Morgan fingerprint density at radius 2 is 2.37 bits per heavy atom. The normalized spacial score (nSPS) is 19.2. The van der Waals surface area contributed by atoms with Gasteiger partial charge in [-0.05, 0) is 12.1 Å². The number of amides is 1. The predicted octanol–water partition coefficient (Wildman–Crippen LogP) is 0.577. The molecule has 1 saturated heterocycles. The number of hydrogen-bond acceptors (Lipinski definition) is 5. The van der Waals surface area contributed by atoms with Crippen molar-refractivity contribution in [1.82, 2.24) is 4.98 Å². The van der Waals surface area contributed by atoms with Crippen LogP contribution in [0.4, 0.5) is 5.82 Å². The van der Waals surface area contributed by atoms with Gasteiger partial charge in [-0.2, -0.15) is 11.8 Å². The molecule has 1 aliphatic rings. The molecule has 0 saturated carbocycles. The van der Waals surface area contributed by atoms with Crippen molar-refractivity contribution < 1.29 is 14.7 Å². The summed E-state index contributed by atoms with van der Waals surface area (Å²) in [6.07, 6.45) is 1.61. The molecular formula is C12H15N3O3S. The van der Waals surface area contributed by atoms with Crippen LogP contribution in [-0.2, 0) is 4.79 Å². The van der Waals surface area contributed by atoms with Crippen LogP contribution in [0, 0.1) is 0 Å². The summed E-state index contributed by atoms with van der Waals surface area (Å²) in [5.41, 5.74) is 5.68. The van der Waals surface area contributed by atoms with E-state index in [1.165, 1.54) is 0 Å². The highest BCUT2D eigenvalue weighted by Gasteiger charge is 2.28. The van der Waals surface area contributed by atoms with E-state index in [9.17, 15) is 9.59 Å². The number of anilines is 1. The molecule has 0 bridgehead atoms. The number of rotatable bonds is 4. The van der Waals surface area contributed by atoms with E-state index in [-0.39, 0.29) is 12.5 Å². The van der Waals surface area contributed by atoms with E-state index in [0.717, 1.165) is 5.75 Å². The van der Waals surface area contributed by atoms with Gasteiger partial charge in [0, 0.05) is 30.3 Å². The van der Waals surface area contributed by atoms with Gasteiger partial charge in [-0.25, -0.2) is 4.98 Å². The summed E-state index contributed by atoms with van der Waals surface area (Å²) >= 11 is 1.71. The maximum Gasteiger partial charge on any atom is 0.305 e. The molecular weight excluding hydrogens is 266 g/mol. The van der Waals surface area contributed by atoms with Crippen molar-refractivity contribution in [1.29, 1.82) is 0 Å². The lowest BCUT2D eigenvalue weighted by atomic mass is 10.1. The van der Waals surface area contributed by atoms with Gasteiger partial charge in [-0.1, -0.05) is 0 Å². The van der Waals surface area contributed by atoms with Crippen molar-refractivity contribution in [3.05, 3.63) is 23.9 Å². The Labute approximate surface area is 115 Å². The van der Waals surface area contributed by atoms with E-state index in [1.807, 2.05) is 4.90 Å². The molecule has 102 valence electrons. The van der Waals surface area contributed by atoms with E-state index in [2.05, 4.69) is 4.98 Å². The summed E-state index contributed by atoms with van der Waals surface area (Å²) in [5, 5.41) is 8.96. The fourth-order valence-corrected chi connectivity index (χ4v) is 3.18. The summed E-state index contributed by atoms with van der Waals surface area (Å²) in [4.78, 5) is 28.4. The summed E-state index contributed by atoms with van der Waals surface area (Å²) in [6.45, 7) is 0.667. The van der Waals surface area contributed by atoms with Crippen LogP contribution in [0.15, 0.2) is 18.3 Å². The number of aliphatic carboxylic acids is 1. The summed E-state index contributed by atoms with van der Waals surface area (Å²) in [5.74, 6) is 0.678. The molecule has 7 heteroatoms. The lowest BCUT2D eigenvalue weighted by Crippen LogP contribution is -2.45. The lowest BCUT2D eigenvalue weighted by Gasteiger charge is -2.36. The number of carboxylic acids is 1. The highest BCUT2D eigenvalue weighted by molar-refractivity contribution is 7.99. The molecule has 0 aromatic carbocycles. The minimum Gasteiger partial charge on any atom is -0.481 e. The highest BCUT2D eigenvalue weighted by Crippen LogP contribution is 2.26. The van der Waals surface area contributed by atoms with Crippen molar-refractivity contribution in [3.8, 4) is 0 Å². The molecule has 0 radical (unpaired) electrons. The quantitative estimate of drug-likeness (QED) is 0.838. The van der Waals surface area contributed by atoms with Gasteiger partial charge in [0.1, 0.15) is 5.82 Å². The maximum absolute atomic E-state index is 11.4. The summed E-state index contributed by atoms with van der Waals surface area (Å²) in [6, 6.07) is 3.10. The van der Waals surface area contributed by atoms with Crippen molar-refractivity contribution in [2.24, 2.45) is 5.73 Å². The van der Waals surface area contributed by atoms with Crippen LogP contribution in [0.5, 0.6) is 0 Å². The first-order valence-corrected chi connectivity index (χ1v) is 7.06. The molecule has 1 aromatic heterocycles. The van der Waals surface area contributed by atoms with E-state index in [1.54, 1.807) is 30.1 Å². The zero-order valence-corrected chi connectivity index (χ0v) is 11.1. The predicted molar refractivity (Wildman–Crippen MR) is 73.5 cm³/mol. The van der Waals surface area contributed by atoms with Gasteiger partial charge in [-0.3, -0.25) is 9.59 Å². The molecule has 1 fully saturated rings. The van der Waals surface area contributed by atoms with Crippen LogP contribution in [0.3, 0.4) is 0 Å². The Hall–Kier alpha value is -1.76. The Kier molecular flexibility index (Phi) is 4.26. The molecule has 6 nitrogen and oxygen atoms in total. The van der Waals surface area contributed by atoms with E-state index in [0.29, 0.717) is 23.7 Å². The number of nitrogens with two attached hydrogens (primary N) is 1. The first-order valence-electron chi connectivity index (χ1n) is 5.90. The number of carbonyl (C=O) groups excluding carboxylic acids is 1. The smallest absolute Gasteiger partial charge is 0.305 e. The molecule has 0 spiro atoms. The van der Waals surface area contributed by atoms with Crippen LogP contribution in [-0.4, -0.2) is 46.1 Å². The average Bonchev–Trinajstić information content (AvgIpc) is 2.38. The number of thioether (sulfide) groups is 1. The van der Waals surface area contributed by atoms with Gasteiger partial charge in [-0.15, -0.1) is 0 Å². The second-order valence-electron chi connectivity index (χ2n) is 4.26. The Bertz CT molecular complexity index is 495. The molecule has 1 aliphatic heterocycles. The lowest BCUT2D eigenvalue weighted by molar-refractivity contribution is -0.137. The fraction of sp³-hybridized carbons (Fsp3) is 0.417. The molecule has 1 unspecified atom stereocenters. The monoisotopic (exact) mass is 281 g/mol. The third-order valence-corrected chi connectivity index (χ3v) is 4.05. The third kappa shape index (κ3) is 3.17. The molecule has 2 heterocycles. The van der Waals surface area contributed by atoms with Gasteiger partial charge < -0.3 is 15.7 Å². The van der Waals surface area contributed by atoms with Gasteiger partial charge >= 0.3 is 5.97 Å². The van der Waals surface area contributed by atoms with Crippen molar-refractivity contribution >= 4 is 29.5 Å². The maximum atomic E-state index is 11.4.